The molecule has 1 aliphatic rings. The minimum Gasteiger partial charge on any atom is -0.395 e. The smallest absolute Gasteiger partial charge is 0.131 e. The van der Waals surface area contributed by atoms with Crippen LogP contribution in [0.1, 0.15) is 38.2 Å². The van der Waals surface area contributed by atoms with E-state index in [0.717, 1.165) is 11.8 Å². The van der Waals surface area contributed by atoms with Gasteiger partial charge in [-0.3, -0.25) is 4.90 Å². The second-order valence-electron chi connectivity index (χ2n) is 6.03. The van der Waals surface area contributed by atoms with Gasteiger partial charge in [-0.1, -0.05) is 43.2 Å². The third-order valence-electron chi connectivity index (χ3n) is 4.45. The molecule has 1 atom stereocenters. The molecule has 1 aromatic carbocycles. The minimum atomic E-state index is -0.501. The molecule has 0 saturated heterocycles. The first-order valence-corrected chi connectivity index (χ1v) is 7.56. The summed E-state index contributed by atoms with van der Waals surface area (Å²) >= 11 is 0. The summed E-state index contributed by atoms with van der Waals surface area (Å²) in [4.78, 5) is 14.0. The second kappa shape index (κ2) is 7.00. The zero-order chi connectivity index (χ0) is 14.4. The molecule has 1 N–H and O–H groups in total. The van der Waals surface area contributed by atoms with Crippen molar-refractivity contribution in [2.45, 2.75) is 44.1 Å². The summed E-state index contributed by atoms with van der Waals surface area (Å²) in [5.41, 5.74) is 0.551. The third kappa shape index (κ3) is 3.47. The van der Waals surface area contributed by atoms with E-state index in [1.807, 2.05) is 37.3 Å². The predicted octanol–water partition coefficient (Wildman–Crippen LogP) is 2.38. The Kier molecular flexibility index (Phi) is 5.32. The van der Waals surface area contributed by atoms with Crippen LogP contribution >= 0.6 is 0 Å². The van der Waals surface area contributed by atoms with Gasteiger partial charge in [0.2, 0.25) is 0 Å². The standard InChI is InChI=1S/C17H25NO2/c1-17(14-20,15-7-3-2-4-8-15)13-18(11-12-19)16-9-5-6-10-16/h2-4,7-8,14,16,19H,5-6,9-13H2,1H3. The highest BCUT2D eigenvalue weighted by atomic mass is 16.3. The van der Waals surface area contributed by atoms with E-state index in [2.05, 4.69) is 4.90 Å². The third-order valence-corrected chi connectivity index (χ3v) is 4.45. The van der Waals surface area contributed by atoms with Crippen LogP contribution in [0.3, 0.4) is 0 Å². The lowest BCUT2D eigenvalue weighted by Crippen LogP contribution is -2.45. The second-order valence-corrected chi connectivity index (χ2v) is 6.03. The summed E-state index contributed by atoms with van der Waals surface area (Å²) in [5.74, 6) is 0. The number of nitrogens with zero attached hydrogens (tertiary/aromatic N) is 1. The van der Waals surface area contributed by atoms with Gasteiger partial charge in [-0.05, 0) is 25.3 Å². The molecule has 0 spiro atoms. The Hall–Kier alpha value is -1.19. The maximum Gasteiger partial charge on any atom is 0.131 e. The van der Waals surface area contributed by atoms with Gasteiger partial charge >= 0.3 is 0 Å². The van der Waals surface area contributed by atoms with E-state index in [1.165, 1.54) is 25.7 Å². The van der Waals surface area contributed by atoms with E-state index in [-0.39, 0.29) is 6.61 Å². The summed E-state index contributed by atoms with van der Waals surface area (Å²) in [6, 6.07) is 10.5. The van der Waals surface area contributed by atoms with Gasteiger partial charge < -0.3 is 9.90 Å². The Labute approximate surface area is 121 Å². The minimum absolute atomic E-state index is 0.153. The lowest BCUT2D eigenvalue weighted by molar-refractivity contribution is -0.113. The number of aldehydes is 1. The SMILES string of the molecule is CC(C=O)(CN(CCO)C1CCCC1)c1ccccc1. The fourth-order valence-electron chi connectivity index (χ4n) is 3.23. The molecule has 3 heteroatoms. The van der Waals surface area contributed by atoms with E-state index in [9.17, 15) is 9.90 Å². The van der Waals surface area contributed by atoms with Gasteiger partial charge in [-0.2, -0.15) is 0 Å². The molecule has 1 saturated carbocycles. The maximum absolute atomic E-state index is 11.7. The van der Waals surface area contributed by atoms with Crippen LogP contribution in [0, 0.1) is 0 Å². The van der Waals surface area contributed by atoms with Crippen LogP contribution in [0.2, 0.25) is 0 Å². The highest BCUT2D eigenvalue weighted by Crippen LogP contribution is 2.28. The van der Waals surface area contributed by atoms with E-state index in [4.69, 9.17) is 0 Å². The zero-order valence-electron chi connectivity index (χ0n) is 12.3. The summed E-state index contributed by atoms with van der Waals surface area (Å²) in [6.07, 6.45) is 5.95. The number of carbonyl (C=O) groups is 1. The van der Waals surface area contributed by atoms with Crippen molar-refractivity contribution in [2.24, 2.45) is 0 Å². The molecule has 110 valence electrons. The Morgan fingerprint density at radius 1 is 1.30 bits per heavy atom. The van der Waals surface area contributed by atoms with Gasteiger partial charge in [0, 0.05) is 19.1 Å². The van der Waals surface area contributed by atoms with Crippen LogP contribution in [0.25, 0.3) is 0 Å². The summed E-state index contributed by atoms with van der Waals surface area (Å²) < 4.78 is 0. The van der Waals surface area contributed by atoms with Gasteiger partial charge in [-0.25, -0.2) is 0 Å². The van der Waals surface area contributed by atoms with E-state index < -0.39 is 5.41 Å². The van der Waals surface area contributed by atoms with Gasteiger partial charge in [0.05, 0.1) is 12.0 Å². The molecule has 1 aliphatic carbocycles. The summed E-state index contributed by atoms with van der Waals surface area (Å²) in [7, 11) is 0. The molecular weight excluding hydrogens is 250 g/mol. The fraction of sp³-hybridized carbons (Fsp3) is 0.588. The Morgan fingerprint density at radius 2 is 1.95 bits per heavy atom. The van der Waals surface area contributed by atoms with Crippen molar-refractivity contribution in [1.82, 2.24) is 4.90 Å². The average molecular weight is 275 g/mol. The Balaban J connectivity index is 2.15. The number of carbonyl (C=O) groups excluding carboxylic acids is 1. The number of aliphatic hydroxyl groups excluding tert-OH is 1. The quantitative estimate of drug-likeness (QED) is 0.777. The largest absolute Gasteiger partial charge is 0.395 e. The predicted molar refractivity (Wildman–Crippen MR) is 80.8 cm³/mol. The molecule has 0 aromatic heterocycles. The number of hydrogen-bond acceptors (Lipinski definition) is 3. The average Bonchev–Trinajstić information content (AvgIpc) is 3.02. The lowest BCUT2D eigenvalue weighted by Gasteiger charge is -2.35. The van der Waals surface area contributed by atoms with E-state index in [0.29, 0.717) is 19.1 Å². The van der Waals surface area contributed by atoms with Crippen molar-refractivity contribution >= 4 is 6.29 Å². The van der Waals surface area contributed by atoms with Gasteiger partial charge in [0.15, 0.2) is 0 Å². The van der Waals surface area contributed by atoms with Gasteiger partial charge in [-0.15, -0.1) is 0 Å². The Bertz CT molecular complexity index is 414. The van der Waals surface area contributed by atoms with Crippen LogP contribution in [0.4, 0.5) is 0 Å². The van der Waals surface area contributed by atoms with E-state index in [1.54, 1.807) is 0 Å². The summed E-state index contributed by atoms with van der Waals surface area (Å²) in [6.45, 7) is 3.49. The molecule has 0 heterocycles. The van der Waals surface area contributed by atoms with Crippen LogP contribution in [0.15, 0.2) is 30.3 Å². The first-order chi connectivity index (χ1) is 9.69. The Morgan fingerprint density at radius 3 is 2.50 bits per heavy atom. The van der Waals surface area contributed by atoms with Crippen LogP contribution in [-0.4, -0.2) is 42.0 Å². The molecule has 0 aliphatic heterocycles. The first-order valence-electron chi connectivity index (χ1n) is 7.56. The molecule has 0 bridgehead atoms. The molecule has 20 heavy (non-hydrogen) atoms. The van der Waals surface area contributed by atoms with Crippen molar-refractivity contribution in [1.29, 1.82) is 0 Å². The molecule has 2 rings (SSSR count). The van der Waals surface area contributed by atoms with Crippen LogP contribution < -0.4 is 0 Å². The lowest BCUT2D eigenvalue weighted by atomic mass is 9.83. The highest BCUT2D eigenvalue weighted by Gasteiger charge is 2.32. The zero-order valence-corrected chi connectivity index (χ0v) is 12.3. The van der Waals surface area contributed by atoms with Gasteiger partial charge in [0.25, 0.3) is 0 Å². The number of aliphatic hydroxyl groups is 1. The van der Waals surface area contributed by atoms with Crippen LogP contribution in [-0.2, 0) is 10.2 Å². The molecule has 0 radical (unpaired) electrons. The number of rotatable bonds is 7. The van der Waals surface area contributed by atoms with Gasteiger partial charge in [0.1, 0.15) is 6.29 Å². The van der Waals surface area contributed by atoms with Crippen molar-refractivity contribution < 1.29 is 9.90 Å². The maximum atomic E-state index is 11.7. The molecule has 3 nitrogen and oxygen atoms in total. The summed E-state index contributed by atoms with van der Waals surface area (Å²) in [5, 5.41) is 9.31. The fourth-order valence-corrected chi connectivity index (χ4v) is 3.23. The molecule has 1 unspecified atom stereocenters. The first kappa shape index (κ1) is 15.2. The normalized spacial score (nSPS) is 19.1. The number of benzene rings is 1. The number of hydrogen-bond donors (Lipinski definition) is 1. The monoisotopic (exact) mass is 275 g/mol. The molecule has 1 aromatic rings. The van der Waals surface area contributed by atoms with Crippen molar-refractivity contribution in [2.75, 3.05) is 19.7 Å². The van der Waals surface area contributed by atoms with Crippen LogP contribution in [0.5, 0.6) is 0 Å². The molecule has 0 amide bonds. The van der Waals surface area contributed by atoms with Crippen molar-refractivity contribution in [3.05, 3.63) is 35.9 Å². The molecular formula is C17H25NO2. The van der Waals surface area contributed by atoms with E-state index >= 15 is 0 Å². The highest BCUT2D eigenvalue weighted by molar-refractivity contribution is 5.68. The van der Waals surface area contributed by atoms with Crippen molar-refractivity contribution in [3.8, 4) is 0 Å². The topological polar surface area (TPSA) is 40.5 Å². The molecule has 1 fully saturated rings. The van der Waals surface area contributed by atoms with Crippen molar-refractivity contribution in [3.63, 3.8) is 0 Å².